The molecule has 2 aromatic heterocycles. The number of amides is 1. The van der Waals surface area contributed by atoms with Crippen LogP contribution in [0.2, 0.25) is 0 Å². The highest BCUT2D eigenvalue weighted by atomic mass is 16.4. The predicted octanol–water partition coefficient (Wildman–Crippen LogP) is 4.37. The molecule has 8 heteroatoms. The van der Waals surface area contributed by atoms with Crippen LogP contribution in [0.5, 0.6) is 0 Å². The lowest BCUT2D eigenvalue weighted by molar-refractivity contribution is -0.139. The highest BCUT2D eigenvalue weighted by Gasteiger charge is 2.23. The number of aromatic amines is 2. The van der Waals surface area contributed by atoms with Crippen LogP contribution in [0.1, 0.15) is 38.3 Å². The van der Waals surface area contributed by atoms with E-state index >= 15 is 0 Å². The van der Waals surface area contributed by atoms with Gasteiger partial charge < -0.3 is 25.7 Å². The van der Waals surface area contributed by atoms with Crippen molar-refractivity contribution in [2.24, 2.45) is 0 Å². The van der Waals surface area contributed by atoms with E-state index in [9.17, 15) is 14.7 Å². The van der Waals surface area contributed by atoms with Crippen LogP contribution in [0.3, 0.4) is 0 Å². The van der Waals surface area contributed by atoms with Gasteiger partial charge in [-0.15, -0.1) is 0 Å². The summed E-state index contributed by atoms with van der Waals surface area (Å²) in [6, 6.07) is 12.6. The van der Waals surface area contributed by atoms with Gasteiger partial charge in [0.25, 0.3) is 5.91 Å². The molecular weight excluding hydrogens is 442 g/mol. The number of carboxylic acids is 1. The van der Waals surface area contributed by atoms with Gasteiger partial charge in [-0.3, -0.25) is 4.79 Å². The molecule has 0 radical (unpaired) electrons. The standard InChI is InChI=1S/C27H29N5O3/c1-16-10-17(2)24(18(3)11-16)25(33)32-23(26(34)35)12-19-4-6-20(7-5-19)21-13-22(30-14-21)15-31-27-28-8-9-29-27/h4-11,13-14,23,30H,12,15H2,1-3H3,(H,32,33)(H,34,35)(H2,28,29,31). The van der Waals surface area contributed by atoms with Gasteiger partial charge in [0, 0.05) is 36.3 Å². The molecule has 0 bridgehead atoms. The molecule has 0 aliphatic heterocycles. The number of hydrogen-bond acceptors (Lipinski definition) is 4. The minimum atomic E-state index is -1.07. The monoisotopic (exact) mass is 471 g/mol. The zero-order valence-corrected chi connectivity index (χ0v) is 20.0. The Bertz CT molecular complexity index is 1300. The van der Waals surface area contributed by atoms with Gasteiger partial charge in [-0.05, 0) is 54.7 Å². The molecular formula is C27H29N5O3. The van der Waals surface area contributed by atoms with Gasteiger partial charge in [-0.25, -0.2) is 9.78 Å². The second kappa shape index (κ2) is 10.3. The van der Waals surface area contributed by atoms with Gasteiger partial charge in [-0.2, -0.15) is 0 Å². The van der Waals surface area contributed by atoms with E-state index in [-0.39, 0.29) is 12.3 Å². The summed E-state index contributed by atoms with van der Waals surface area (Å²) in [5, 5.41) is 15.6. The molecule has 4 aromatic rings. The molecule has 4 rings (SSSR count). The lowest BCUT2D eigenvalue weighted by Gasteiger charge is -2.17. The molecule has 0 aliphatic rings. The maximum atomic E-state index is 12.9. The molecule has 1 amide bonds. The minimum Gasteiger partial charge on any atom is -0.480 e. The van der Waals surface area contributed by atoms with Crippen molar-refractivity contribution in [1.29, 1.82) is 0 Å². The lowest BCUT2D eigenvalue weighted by Crippen LogP contribution is -2.42. The summed E-state index contributed by atoms with van der Waals surface area (Å²) >= 11 is 0. The third-order valence-corrected chi connectivity index (χ3v) is 5.92. The van der Waals surface area contributed by atoms with Crippen LogP contribution >= 0.6 is 0 Å². The molecule has 8 nitrogen and oxygen atoms in total. The van der Waals surface area contributed by atoms with Gasteiger partial charge >= 0.3 is 5.97 Å². The smallest absolute Gasteiger partial charge is 0.326 e. The number of aryl methyl sites for hydroxylation is 3. The Morgan fingerprint density at radius 1 is 1.00 bits per heavy atom. The average molecular weight is 472 g/mol. The van der Waals surface area contributed by atoms with Crippen LogP contribution in [-0.4, -0.2) is 38.0 Å². The second-order valence-corrected chi connectivity index (χ2v) is 8.74. The largest absolute Gasteiger partial charge is 0.480 e. The van der Waals surface area contributed by atoms with Crippen molar-refractivity contribution in [2.45, 2.75) is 39.8 Å². The van der Waals surface area contributed by atoms with Gasteiger partial charge in [0.15, 0.2) is 5.95 Å². The molecule has 1 unspecified atom stereocenters. The Balaban J connectivity index is 1.41. The highest BCUT2D eigenvalue weighted by molar-refractivity contribution is 5.99. The van der Waals surface area contributed by atoms with Crippen LogP contribution in [0, 0.1) is 20.8 Å². The van der Waals surface area contributed by atoms with Crippen molar-refractivity contribution in [3.8, 4) is 11.1 Å². The van der Waals surface area contributed by atoms with Crippen molar-refractivity contribution in [2.75, 3.05) is 5.32 Å². The number of anilines is 1. The Morgan fingerprint density at radius 3 is 2.34 bits per heavy atom. The van der Waals surface area contributed by atoms with Crippen molar-refractivity contribution < 1.29 is 14.7 Å². The predicted molar refractivity (Wildman–Crippen MR) is 135 cm³/mol. The van der Waals surface area contributed by atoms with E-state index in [1.54, 1.807) is 12.4 Å². The third-order valence-electron chi connectivity index (χ3n) is 5.92. The summed E-state index contributed by atoms with van der Waals surface area (Å²) in [5.41, 5.74) is 7.14. The zero-order valence-electron chi connectivity index (χ0n) is 20.0. The van der Waals surface area contributed by atoms with Crippen molar-refractivity contribution >= 4 is 17.8 Å². The van der Waals surface area contributed by atoms with E-state index in [2.05, 4.69) is 31.7 Å². The summed E-state index contributed by atoms with van der Waals surface area (Å²) < 4.78 is 0. The third kappa shape index (κ3) is 5.78. The summed E-state index contributed by atoms with van der Waals surface area (Å²) in [5.74, 6) is -0.727. The molecule has 2 aromatic carbocycles. The maximum Gasteiger partial charge on any atom is 0.326 e. The minimum absolute atomic E-state index is 0.191. The Morgan fingerprint density at radius 2 is 1.71 bits per heavy atom. The Kier molecular flexibility index (Phi) is 7.01. The van der Waals surface area contributed by atoms with Crippen molar-refractivity contribution in [1.82, 2.24) is 20.3 Å². The molecule has 35 heavy (non-hydrogen) atoms. The molecule has 180 valence electrons. The maximum absolute atomic E-state index is 12.9. The number of carboxylic acid groups (broad SMARTS) is 1. The molecule has 0 saturated carbocycles. The average Bonchev–Trinajstić information content (AvgIpc) is 3.49. The van der Waals surface area contributed by atoms with E-state index in [1.807, 2.05) is 63.4 Å². The molecule has 0 saturated heterocycles. The van der Waals surface area contributed by atoms with Crippen LogP contribution in [0.4, 0.5) is 5.95 Å². The van der Waals surface area contributed by atoms with E-state index in [1.165, 1.54) is 0 Å². The summed E-state index contributed by atoms with van der Waals surface area (Å²) in [6.45, 7) is 6.30. The lowest BCUT2D eigenvalue weighted by atomic mass is 9.98. The summed E-state index contributed by atoms with van der Waals surface area (Å²) in [7, 11) is 0. The summed E-state index contributed by atoms with van der Waals surface area (Å²) in [6.07, 6.45) is 5.57. The number of H-pyrrole nitrogens is 2. The highest BCUT2D eigenvalue weighted by Crippen LogP contribution is 2.22. The normalized spacial score (nSPS) is 11.7. The Labute approximate surface area is 203 Å². The van der Waals surface area contributed by atoms with Crippen LogP contribution in [0.25, 0.3) is 11.1 Å². The van der Waals surface area contributed by atoms with Crippen molar-refractivity contribution in [3.05, 3.63) is 94.6 Å². The van der Waals surface area contributed by atoms with Crippen LogP contribution in [-0.2, 0) is 17.8 Å². The first kappa shape index (κ1) is 23.8. The van der Waals surface area contributed by atoms with Crippen molar-refractivity contribution in [3.63, 3.8) is 0 Å². The molecule has 0 spiro atoms. The van der Waals surface area contributed by atoms with Gasteiger partial charge in [0.2, 0.25) is 0 Å². The molecule has 2 heterocycles. The fraction of sp³-hybridized carbons (Fsp3) is 0.222. The fourth-order valence-corrected chi connectivity index (χ4v) is 4.29. The number of benzene rings is 2. The van der Waals surface area contributed by atoms with E-state index in [0.717, 1.165) is 39.1 Å². The molecule has 0 fully saturated rings. The number of rotatable bonds is 9. The number of hydrogen-bond donors (Lipinski definition) is 5. The number of carbonyl (C=O) groups is 2. The van der Waals surface area contributed by atoms with Gasteiger partial charge in [0.05, 0.1) is 6.54 Å². The number of aromatic nitrogens is 3. The number of imidazole rings is 1. The first-order valence-electron chi connectivity index (χ1n) is 11.4. The molecule has 1 atom stereocenters. The fourth-order valence-electron chi connectivity index (χ4n) is 4.29. The first-order valence-corrected chi connectivity index (χ1v) is 11.4. The van der Waals surface area contributed by atoms with Gasteiger partial charge in [0.1, 0.15) is 6.04 Å². The quantitative estimate of drug-likeness (QED) is 0.248. The number of aliphatic carboxylic acids is 1. The Hall–Kier alpha value is -4.33. The topological polar surface area (TPSA) is 123 Å². The SMILES string of the molecule is Cc1cc(C)c(C(=O)NC(Cc2ccc(-c3c[nH]c(CNc4ncc[nH]4)c3)cc2)C(=O)O)c(C)c1. The van der Waals surface area contributed by atoms with E-state index in [4.69, 9.17) is 0 Å². The zero-order chi connectivity index (χ0) is 24.9. The van der Waals surface area contributed by atoms with Crippen LogP contribution in [0.15, 0.2) is 61.1 Å². The van der Waals surface area contributed by atoms with Gasteiger partial charge in [-0.1, -0.05) is 42.0 Å². The van der Waals surface area contributed by atoms with Crippen LogP contribution < -0.4 is 10.6 Å². The number of nitrogens with zero attached hydrogens (tertiary/aromatic N) is 1. The second-order valence-electron chi connectivity index (χ2n) is 8.74. The van der Waals surface area contributed by atoms with E-state index < -0.39 is 12.0 Å². The molecule has 0 aliphatic carbocycles. The number of nitrogens with one attached hydrogen (secondary N) is 4. The van der Waals surface area contributed by atoms with E-state index in [0.29, 0.717) is 18.1 Å². The number of carbonyl (C=O) groups excluding carboxylic acids is 1. The summed E-state index contributed by atoms with van der Waals surface area (Å²) in [4.78, 5) is 35.2. The molecule has 5 N–H and O–H groups in total. The first-order chi connectivity index (χ1) is 16.8.